The highest BCUT2D eigenvalue weighted by Gasteiger charge is 2.33. The Balaban J connectivity index is 1.15. The Bertz CT molecular complexity index is 1800. The molecule has 1 aliphatic rings. The van der Waals surface area contributed by atoms with Crippen molar-refractivity contribution in [2.75, 3.05) is 7.05 Å². The molecule has 3 aromatic carbocycles. The lowest BCUT2D eigenvalue weighted by Gasteiger charge is -2.30. The third-order valence-corrected chi connectivity index (χ3v) is 7.70. The van der Waals surface area contributed by atoms with Crippen molar-refractivity contribution in [1.82, 2.24) is 25.8 Å². The summed E-state index contributed by atoms with van der Waals surface area (Å²) in [7, 11) is 1.42. The second kappa shape index (κ2) is 13.7. The normalized spacial score (nSPS) is 14.4. The smallest absolute Gasteiger partial charge is 0.255 e. The van der Waals surface area contributed by atoms with Crippen LogP contribution in [0.15, 0.2) is 79.0 Å². The van der Waals surface area contributed by atoms with E-state index in [9.17, 15) is 28.8 Å². The zero-order valence-corrected chi connectivity index (χ0v) is 24.5. The van der Waals surface area contributed by atoms with Gasteiger partial charge in [-0.3, -0.25) is 39.1 Å². The number of aldehydes is 1. The summed E-state index contributed by atoms with van der Waals surface area (Å²) in [6.07, 6.45) is 2.69. The average molecular weight is 606 g/mol. The Morgan fingerprint density at radius 1 is 0.956 bits per heavy atom. The van der Waals surface area contributed by atoms with E-state index in [4.69, 9.17) is 0 Å². The molecule has 5 rings (SSSR count). The molecule has 1 atom stereocenters. The SMILES string of the molecule is CN(C(=O)c1cc(C(=O)NCc2ccc(CNC(=O)Cc3cccc4cccnc34)cc2)ccc1C=O)C1CCC(=O)NC1=O. The number of pyridine rings is 1. The summed E-state index contributed by atoms with van der Waals surface area (Å²) in [6.45, 7) is 0.547. The van der Waals surface area contributed by atoms with Crippen LogP contribution in [0.2, 0.25) is 0 Å². The number of hydrogen-bond donors (Lipinski definition) is 3. The molecule has 11 heteroatoms. The Labute approximate surface area is 259 Å². The van der Waals surface area contributed by atoms with E-state index in [1.165, 1.54) is 30.1 Å². The van der Waals surface area contributed by atoms with Crippen molar-refractivity contribution in [3.63, 3.8) is 0 Å². The van der Waals surface area contributed by atoms with Crippen LogP contribution in [0.4, 0.5) is 0 Å². The van der Waals surface area contributed by atoms with Gasteiger partial charge >= 0.3 is 0 Å². The van der Waals surface area contributed by atoms with Crippen LogP contribution in [-0.4, -0.2) is 58.8 Å². The van der Waals surface area contributed by atoms with E-state index in [2.05, 4.69) is 20.9 Å². The Morgan fingerprint density at radius 2 is 1.67 bits per heavy atom. The molecular formula is C34H31N5O6. The predicted molar refractivity (Wildman–Crippen MR) is 165 cm³/mol. The first kappa shape index (κ1) is 30.7. The van der Waals surface area contributed by atoms with Gasteiger partial charge in [0.1, 0.15) is 6.04 Å². The van der Waals surface area contributed by atoms with Gasteiger partial charge in [0, 0.05) is 49.3 Å². The summed E-state index contributed by atoms with van der Waals surface area (Å²) in [5.41, 5.74) is 3.60. The Morgan fingerprint density at radius 3 is 2.38 bits per heavy atom. The number of para-hydroxylation sites is 1. The number of aromatic nitrogens is 1. The van der Waals surface area contributed by atoms with Crippen LogP contribution in [-0.2, 0) is 33.9 Å². The molecule has 5 amide bonds. The Kier molecular flexibility index (Phi) is 9.37. The highest BCUT2D eigenvalue weighted by atomic mass is 16.2. The number of imide groups is 1. The lowest BCUT2D eigenvalue weighted by Crippen LogP contribution is -2.53. The molecular weight excluding hydrogens is 574 g/mol. The van der Waals surface area contributed by atoms with Crippen LogP contribution < -0.4 is 16.0 Å². The van der Waals surface area contributed by atoms with Gasteiger partial charge < -0.3 is 15.5 Å². The summed E-state index contributed by atoms with van der Waals surface area (Å²) in [5, 5.41) is 8.93. The van der Waals surface area contributed by atoms with Crippen molar-refractivity contribution in [3.8, 4) is 0 Å². The minimum Gasteiger partial charge on any atom is -0.352 e. The van der Waals surface area contributed by atoms with Gasteiger partial charge in [-0.1, -0.05) is 54.6 Å². The number of carbonyl (C=O) groups is 6. The monoisotopic (exact) mass is 605 g/mol. The van der Waals surface area contributed by atoms with Gasteiger partial charge in [0.15, 0.2) is 6.29 Å². The first-order chi connectivity index (χ1) is 21.7. The van der Waals surface area contributed by atoms with E-state index in [0.717, 1.165) is 27.6 Å². The number of likely N-dealkylation sites (N-methyl/N-ethyl adjacent to an activating group) is 1. The number of nitrogens with zero attached hydrogens (tertiary/aromatic N) is 2. The fourth-order valence-corrected chi connectivity index (χ4v) is 5.17. The van der Waals surface area contributed by atoms with Crippen molar-refractivity contribution < 1.29 is 28.8 Å². The van der Waals surface area contributed by atoms with Crippen molar-refractivity contribution >= 4 is 46.7 Å². The highest BCUT2D eigenvalue weighted by Crippen LogP contribution is 2.19. The van der Waals surface area contributed by atoms with Gasteiger partial charge in [-0.25, -0.2) is 0 Å². The maximum absolute atomic E-state index is 13.2. The first-order valence-electron chi connectivity index (χ1n) is 14.4. The molecule has 11 nitrogen and oxygen atoms in total. The molecule has 45 heavy (non-hydrogen) atoms. The van der Waals surface area contributed by atoms with Crippen LogP contribution >= 0.6 is 0 Å². The molecule has 1 fully saturated rings. The fourth-order valence-electron chi connectivity index (χ4n) is 5.17. The summed E-state index contributed by atoms with van der Waals surface area (Å²) >= 11 is 0. The third kappa shape index (κ3) is 7.27. The first-order valence-corrected chi connectivity index (χ1v) is 14.4. The molecule has 2 heterocycles. The van der Waals surface area contributed by atoms with Gasteiger partial charge in [-0.15, -0.1) is 0 Å². The van der Waals surface area contributed by atoms with Crippen LogP contribution in [0.25, 0.3) is 10.9 Å². The van der Waals surface area contributed by atoms with Crippen molar-refractivity contribution in [2.24, 2.45) is 0 Å². The topological polar surface area (TPSA) is 155 Å². The molecule has 1 aliphatic heterocycles. The lowest BCUT2D eigenvalue weighted by molar-refractivity contribution is -0.136. The largest absolute Gasteiger partial charge is 0.352 e. The number of rotatable bonds is 10. The second-order valence-electron chi connectivity index (χ2n) is 10.7. The van der Waals surface area contributed by atoms with Crippen LogP contribution in [0.5, 0.6) is 0 Å². The van der Waals surface area contributed by atoms with Crippen LogP contribution in [0, 0.1) is 0 Å². The van der Waals surface area contributed by atoms with Gasteiger partial charge in [-0.2, -0.15) is 0 Å². The number of nitrogens with one attached hydrogen (secondary N) is 3. The molecule has 1 unspecified atom stereocenters. The standard InChI is InChI=1S/C34H31N5O6/c1-39(28-13-14-29(41)38-33(28)44)34(45)27-16-25(11-12-26(27)20-40)32(43)37-19-22-9-7-21(8-10-22)18-36-30(42)17-24-5-2-4-23-6-3-15-35-31(23)24/h2-12,15-16,20,28H,13-14,17-19H2,1H3,(H,36,42)(H,37,43)(H,38,41,44). The predicted octanol–water partition coefficient (Wildman–Crippen LogP) is 2.71. The number of hydrogen-bond acceptors (Lipinski definition) is 7. The highest BCUT2D eigenvalue weighted by molar-refractivity contribution is 6.07. The summed E-state index contributed by atoms with van der Waals surface area (Å²) in [5.74, 6) is -2.18. The Hall–Kier alpha value is -5.71. The summed E-state index contributed by atoms with van der Waals surface area (Å²) < 4.78 is 0. The van der Waals surface area contributed by atoms with Gasteiger partial charge in [0.25, 0.3) is 11.8 Å². The number of fused-ring (bicyclic) bond motifs is 1. The van der Waals surface area contributed by atoms with E-state index in [1.54, 1.807) is 6.20 Å². The van der Waals surface area contributed by atoms with Crippen molar-refractivity contribution in [1.29, 1.82) is 0 Å². The average Bonchev–Trinajstić information content (AvgIpc) is 3.06. The van der Waals surface area contributed by atoms with Crippen LogP contribution in [0.3, 0.4) is 0 Å². The van der Waals surface area contributed by atoms with E-state index < -0.39 is 29.7 Å². The van der Waals surface area contributed by atoms with Gasteiger partial charge in [0.05, 0.1) is 17.5 Å². The van der Waals surface area contributed by atoms with Crippen molar-refractivity contribution in [2.45, 2.75) is 38.4 Å². The lowest BCUT2D eigenvalue weighted by atomic mass is 10.00. The molecule has 0 radical (unpaired) electrons. The number of carbonyl (C=O) groups excluding carboxylic acids is 6. The molecule has 4 aromatic rings. The molecule has 1 saturated heterocycles. The maximum atomic E-state index is 13.2. The van der Waals surface area contributed by atoms with Gasteiger partial charge in [-0.05, 0) is 41.3 Å². The summed E-state index contributed by atoms with van der Waals surface area (Å²) in [6, 6.07) is 20.3. The molecule has 1 aromatic heterocycles. The van der Waals surface area contributed by atoms with Crippen LogP contribution in [0.1, 0.15) is 60.6 Å². The van der Waals surface area contributed by atoms with E-state index in [-0.39, 0.29) is 48.4 Å². The molecule has 0 spiro atoms. The molecule has 0 saturated carbocycles. The maximum Gasteiger partial charge on any atom is 0.255 e. The zero-order valence-electron chi connectivity index (χ0n) is 24.5. The molecule has 3 N–H and O–H groups in total. The minimum atomic E-state index is -0.870. The fraction of sp³-hybridized carbons (Fsp3) is 0.206. The molecule has 0 bridgehead atoms. The van der Waals surface area contributed by atoms with Gasteiger partial charge in [0.2, 0.25) is 17.7 Å². The quantitative estimate of drug-likeness (QED) is 0.186. The summed E-state index contributed by atoms with van der Waals surface area (Å²) in [4.78, 5) is 79.7. The molecule has 0 aliphatic carbocycles. The zero-order chi connectivity index (χ0) is 31.9. The van der Waals surface area contributed by atoms with E-state index in [1.807, 2.05) is 54.6 Å². The van der Waals surface area contributed by atoms with E-state index >= 15 is 0 Å². The number of benzene rings is 3. The number of piperidine rings is 1. The van der Waals surface area contributed by atoms with Crippen molar-refractivity contribution in [3.05, 3.63) is 112 Å². The minimum absolute atomic E-state index is 0.0204. The number of amides is 5. The molecule has 228 valence electrons. The third-order valence-electron chi connectivity index (χ3n) is 7.70. The second-order valence-corrected chi connectivity index (χ2v) is 10.7. The van der Waals surface area contributed by atoms with E-state index in [0.29, 0.717) is 12.8 Å².